The molecule has 10 heteroatoms. The summed E-state index contributed by atoms with van der Waals surface area (Å²) in [6.45, 7) is 4.09. The van der Waals surface area contributed by atoms with E-state index in [9.17, 15) is 9.18 Å². The van der Waals surface area contributed by atoms with Crippen molar-refractivity contribution >= 4 is 22.8 Å². The van der Waals surface area contributed by atoms with Crippen LogP contribution in [0.2, 0.25) is 0 Å². The van der Waals surface area contributed by atoms with E-state index in [0.29, 0.717) is 49.2 Å². The average Bonchev–Trinajstić information content (AvgIpc) is 2.95. The van der Waals surface area contributed by atoms with E-state index in [2.05, 4.69) is 25.5 Å². The second-order valence-corrected chi connectivity index (χ2v) is 9.33. The van der Waals surface area contributed by atoms with Crippen LogP contribution in [0.1, 0.15) is 24.2 Å². The number of halogens is 1. The Morgan fingerprint density at radius 3 is 2.55 bits per heavy atom. The molecule has 0 bridgehead atoms. The number of benzene rings is 2. The van der Waals surface area contributed by atoms with Gasteiger partial charge in [0, 0.05) is 18.5 Å². The normalized spacial score (nSPS) is 13.9. The second kappa shape index (κ2) is 11.4. The van der Waals surface area contributed by atoms with Gasteiger partial charge in [-0.15, -0.1) is 0 Å². The minimum Gasteiger partial charge on any atom is -0.491 e. The first kappa shape index (κ1) is 25.3. The lowest BCUT2D eigenvalue weighted by molar-refractivity contribution is 0.0966. The third kappa shape index (κ3) is 5.80. The number of hydrogen-bond acceptors (Lipinski definition) is 8. The molecule has 1 amide bonds. The molecule has 0 atom stereocenters. The number of likely N-dealkylation sites (tertiary alicyclic amines) is 1. The van der Waals surface area contributed by atoms with Gasteiger partial charge < -0.3 is 19.7 Å². The van der Waals surface area contributed by atoms with Crippen molar-refractivity contribution in [3.63, 3.8) is 0 Å². The number of piperidine rings is 1. The maximum absolute atomic E-state index is 13.6. The number of rotatable bonds is 7. The van der Waals surface area contributed by atoms with Gasteiger partial charge in [0.05, 0.1) is 31.6 Å². The van der Waals surface area contributed by atoms with Crippen LogP contribution in [0.5, 0.6) is 5.75 Å². The number of nitrogens with zero attached hydrogens (tertiary/aromatic N) is 5. The molecule has 0 spiro atoms. The molecule has 9 nitrogen and oxygen atoms in total. The molecule has 0 unspecified atom stereocenters. The number of aryl methyl sites for hydroxylation is 1. The van der Waals surface area contributed by atoms with Crippen LogP contribution in [0.25, 0.3) is 22.0 Å². The molecule has 0 radical (unpaired) electrons. The van der Waals surface area contributed by atoms with Gasteiger partial charge in [0.15, 0.2) is 0 Å². The van der Waals surface area contributed by atoms with Crippen molar-refractivity contribution in [1.29, 1.82) is 0 Å². The first-order valence-electron chi connectivity index (χ1n) is 12.5. The number of hydrogen-bond donors (Lipinski definition) is 1. The molecular formula is C28H29FN6O3. The van der Waals surface area contributed by atoms with Gasteiger partial charge >= 0.3 is 6.09 Å². The van der Waals surface area contributed by atoms with Crippen LogP contribution in [-0.4, -0.2) is 58.0 Å². The number of aromatic nitrogens is 4. The fraction of sp³-hybridized carbons (Fsp3) is 0.321. The van der Waals surface area contributed by atoms with Crippen LogP contribution >= 0.6 is 0 Å². The maximum Gasteiger partial charge on any atom is 0.409 e. The molecule has 38 heavy (non-hydrogen) atoms. The Morgan fingerprint density at radius 1 is 1.05 bits per heavy atom. The van der Waals surface area contributed by atoms with E-state index in [0.717, 1.165) is 40.7 Å². The zero-order valence-electron chi connectivity index (χ0n) is 21.4. The lowest BCUT2D eigenvalue weighted by Crippen LogP contribution is -2.39. The fourth-order valence-corrected chi connectivity index (χ4v) is 4.51. The molecule has 5 rings (SSSR count). The Balaban J connectivity index is 1.42. The van der Waals surface area contributed by atoms with Crippen molar-refractivity contribution in [2.45, 2.75) is 26.3 Å². The molecule has 1 aliphatic rings. The SMILES string of the molecule is COC(=O)N1CCC(COc2cc(-c3ccc(F)cc3)cc3c(NCc4ccc(C)nn4)ncnc23)CC1. The summed E-state index contributed by atoms with van der Waals surface area (Å²) < 4.78 is 24.8. The minimum absolute atomic E-state index is 0.292. The first-order valence-corrected chi connectivity index (χ1v) is 12.5. The standard InChI is InChI=1S/C28H29FN6O3/c1-18-3-8-23(34-33-18)15-30-27-24-13-21(20-4-6-22(29)7-5-20)14-25(26(24)31-17-32-27)38-16-19-9-11-35(12-10-19)28(36)37-2/h3-8,13-14,17,19H,9-12,15-16H2,1-2H3,(H,30,31,32). The number of carbonyl (C=O) groups excluding carboxylic acids is 1. The number of methoxy groups -OCH3 is 1. The number of nitrogens with one attached hydrogen (secondary N) is 1. The zero-order chi connectivity index (χ0) is 26.5. The van der Waals surface area contributed by atoms with Gasteiger partial charge in [0.2, 0.25) is 0 Å². The van der Waals surface area contributed by atoms with Crippen molar-refractivity contribution in [2.75, 3.05) is 32.1 Å². The Kier molecular flexibility index (Phi) is 7.57. The van der Waals surface area contributed by atoms with Crippen LogP contribution in [0, 0.1) is 18.7 Å². The predicted molar refractivity (Wildman–Crippen MR) is 141 cm³/mol. The highest BCUT2D eigenvalue weighted by molar-refractivity contribution is 5.96. The number of anilines is 1. The predicted octanol–water partition coefficient (Wildman–Crippen LogP) is 5.00. The van der Waals surface area contributed by atoms with Crippen LogP contribution in [0.3, 0.4) is 0 Å². The largest absolute Gasteiger partial charge is 0.491 e. The first-order chi connectivity index (χ1) is 18.5. The number of carbonyl (C=O) groups is 1. The summed E-state index contributed by atoms with van der Waals surface area (Å²) in [7, 11) is 1.40. The van der Waals surface area contributed by atoms with Crippen molar-refractivity contribution in [2.24, 2.45) is 5.92 Å². The van der Waals surface area contributed by atoms with E-state index in [1.54, 1.807) is 17.0 Å². The molecule has 3 heterocycles. The molecular weight excluding hydrogens is 487 g/mol. The van der Waals surface area contributed by atoms with Crippen molar-refractivity contribution in [1.82, 2.24) is 25.1 Å². The summed E-state index contributed by atoms with van der Waals surface area (Å²) in [5.41, 5.74) is 4.02. The number of fused-ring (bicyclic) bond motifs is 1. The van der Waals surface area contributed by atoms with Crippen LogP contribution in [0.4, 0.5) is 15.0 Å². The molecule has 1 fully saturated rings. The summed E-state index contributed by atoms with van der Waals surface area (Å²) in [6.07, 6.45) is 2.86. The average molecular weight is 517 g/mol. The summed E-state index contributed by atoms with van der Waals surface area (Å²) in [6, 6.07) is 14.1. The van der Waals surface area contributed by atoms with Crippen molar-refractivity contribution in [3.05, 3.63) is 72.1 Å². The quantitative estimate of drug-likeness (QED) is 0.366. The monoisotopic (exact) mass is 516 g/mol. The summed E-state index contributed by atoms with van der Waals surface area (Å²) in [5.74, 6) is 1.25. The van der Waals surface area contributed by atoms with Gasteiger partial charge in [0.1, 0.15) is 29.2 Å². The van der Waals surface area contributed by atoms with Crippen molar-refractivity contribution < 1.29 is 18.7 Å². The van der Waals surface area contributed by atoms with E-state index >= 15 is 0 Å². The second-order valence-electron chi connectivity index (χ2n) is 9.33. The smallest absolute Gasteiger partial charge is 0.409 e. The van der Waals surface area contributed by atoms with Gasteiger partial charge in [0.25, 0.3) is 0 Å². The minimum atomic E-state index is -0.297. The van der Waals surface area contributed by atoms with Crippen LogP contribution < -0.4 is 10.1 Å². The highest BCUT2D eigenvalue weighted by atomic mass is 19.1. The molecule has 2 aromatic heterocycles. The van der Waals surface area contributed by atoms with Gasteiger partial charge in [-0.3, -0.25) is 0 Å². The molecule has 0 aliphatic carbocycles. The molecule has 196 valence electrons. The molecule has 1 N–H and O–H groups in total. The lowest BCUT2D eigenvalue weighted by Gasteiger charge is -2.30. The highest BCUT2D eigenvalue weighted by Gasteiger charge is 2.24. The van der Waals surface area contributed by atoms with Crippen molar-refractivity contribution in [3.8, 4) is 16.9 Å². The Labute approximate surface area is 220 Å². The fourth-order valence-electron chi connectivity index (χ4n) is 4.51. The Hall–Kier alpha value is -4.34. The van der Waals surface area contributed by atoms with E-state index < -0.39 is 0 Å². The van der Waals surface area contributed by atoms with E-state index in [1.807, 2.05) is 31.2 Å². The van der Waals surface area contributed by atoms with Crippen LogP contribution in [0.15, 0.2) is 54.9 Å². The summed E-state index contributed by atoms with van der Waals surface area (Å²) in [5, 5.41) is 12.5. The Morgan fingerprint density at radius 2 is 1.84 bits per heavy atom. The van der Waals surface area contributed by atoms with Crippen LogP contribution in [-0.2, 0) is 11.3 Å². The number of ether oxygens (including phenoxy) is 2. The van der Waals surface area contributed by atoms with Gasteiger partial charge in [-0.2, -0.15) is 10.2 Å². The Bertz CT molecular complexity index is 1410. The lowest BCUT2D eigenvalue weighted by atomic mass is 9.98. The third-order valence-corrected chi connectivity index (χ3v) is 6.69. The summed E-state index contributed by atoms with van der Waals surface area (Å²) in [4.78, 5) is 22.5. The van der Waals surface area contributed by atoms with Gasteiger partial charge in [-0.1, -0.05) is 12.1 Å². The highest BCUT2D eigenvalue weighted by Crippen LogP contribution is 2.35. The third-order valence-electron chi connectivity index (χ3n) is 6.69. The molecule has 4 aromatic rings. The van der Waals surface area contributed by atoms with E-state index in [1.165, 1.54) is 25.6 Å². The number of amides is 1. The van der Waals surface area contributed by atoms with Gasteiger partial charge in [-0.05, 0) is 73.2 Å². The van der Waals surface area contributed by atoms with E-state index in [-0.39, 0.29) is 11.9 Å². The molecule has 2 aromatic carbocycles. The summed E-state index contributed by atoms with van der Waals surface area (Å²) >= 11 is 0. The molecule has 1 aliphatic heterocycles. The van der Waals surface area contributed by atoms with Gasteiger partial charge in [-0.25, -0.2) is 19.2 Å². The molecule has 1 saturated heterocycles. The maximum atomic E-state index is 13.6. The zero-order valence-corrected chi connectivity index (χ0v) is 21.4. The topological polar surface area (TPSA) is 102 Å². The van der Waals surface area contributed by atoms with E-state index in [4.69, 9.17) is 9.47 Å². The molecule has 0 saturated carbocycles.